The van der Waals surface area contributed by atoms with Crippen LogP contribution in [0.1, 0.15) is 0 Å². The fraction of sp³-hybridized carbons (Fsp3) is 0. The zero-order chi connectivity index (χ0) is 89.7. The SMILES string of the molecule is c1ccc(-c2cc(-c3ccccc3)cc(-n3c4ccccc4c4cc(-c5ccc6c(c5)c5ccccc5n6-c5ccccc5)ccc43)c2)cc1.c1ccc(-c2ccc(-n3c4ccccc4c4cc(-c5ccc6c(c5)c5ccccc5n6-c5ccccc5)ccc43)cc2)cc1.c1ccc(-n2c3ccccc3c3cc(-c4ccc5c(c4)c4ccccc4n5-c4cccc5ccccc45)ccc32)cc1. The molecule has 0 saturated heterocycles. The van der Waals surface area contributed by atoms with E-state index in [4.69, 9.17) is 0 Å². The summed E-state index contributed by atoms with van der Waals surface area (Å²) in [6.45, 7) is 0. The van der Waals surface area contributed by atoms with Crippen molar-refractivity contribution < 1.29 is 0 Å². The maximum atomic E-state index is 2.43. The molecule has 6 heterocycles. The summed E-state index contributed by atoms with van der Waals surface area (Å²) in [7, 11) is 0. The minimum atomic E-state index is 1.15. The van der Waals surface area contributed by atoms with Crippen LogP contribution in [0.4, 0.5) is 0 Å². The lowest BCUT2D eigenvalue weighted by Crippen LogP contribution is -1.96. The van der Waals surface area contributed by atoms with Crippen molar-refractivity contribution in [2.45, 2.75) is 0 Å². The lowest BCUT2D eigenvalue weighted by Gasteiger charge is -2.14. The van der Waals surface area contributed by atoms with Gasteiger partial charge in [0.25, 0.3) is 0 Å². The van der Waals surface area contributed by atoms with Crippen molar-refractivity contribution in [3.63, 3.8) is 0 Å². The summed E-state index contributed by atoms with van der Waals surface area (Å²) in [5.41, 5.74) is 36.2. The number of hydrogen-bond donors (Lipinski definition) is 0. The average Bonchev–Trinajstić information content (AvgIpc) is 1.58. The Hall–Kier alpha value is -18.1. The number of fused-ring (bicyclic) bond motifs is 19. The molecule has 0 bridgehead atoms. The molecule has 6 heteroatoms. The van der Waals surface area contributed by atoms with E-state index in [9.17, 15) is 0 Å². The molecule has 0 fully saturated rings. The summed E-state index contributed by atoms with van der Waals surface area (Å²) < 4.78 is 14.4. The molecule has 0 N–H and O–H groups in total. The van der Waals surface area contributed by atoms with Crippen LogP contribution in [0.5, 0.6) is 0 Å². The molecule has 636 valence electrons. The van der Waals surface area contributed by atoms with Crippen molar-refractivity contribution in [1.29, 1.82) is 0 Å². The standard InChI is InChI=1S/C48H32N2.C42H28N2.C40H26N2/c1-4-14-33(15-5-1)37-28-38(34-16-6-2-7-17-34)30-40(29-37)50-46-23-13-11-21-42(46)44-32-36(25-27-48(44)50)35-24-26-47-43(31-35)41-20-10-12-22-45(41)49(47)39-18-8-3-9-19-39;1-3-11-29(12-4-1)30-19-23-34(24-20-30)44-40-18-10-8-16-36(40)38-28-32(22-26-42(38)44)31-21-25-41-37(27-31)35-15-7-9-17-39(35)43(41)33-13-5-2-6-14-33;1-2-13-30(14-3-1)41-37-18-8-6-16-32(37)34-25-28(21-23-39(34)41)29-22-24-40-35(26-29)33-17-7-9-19-38(33)42(40)36-20-10-12-27-11-4-5-15-31(27)36/h1-32H;1-28H;1-26H. The molecule has 0 spiro atoms. The fourth-order valence-corrected chi connectivity index (χ4v) is 21.5. The monoisotopic (exact) mass is 1730 g/mol. The van der Waals surface area contributed by atoms with Crippen LogP contribution in [-0.2, 0) is 0 Å². The zero-order valence-corrected chi connectivity index (χ0v) is 74.3. The van der Waals surface area contributed by atoms with Crippen LogP contribution < -0.4 is 0 Å². The molecule has 0 unspecified atom stereocenters. The van der Waals surface area contributed by atoms with E-state index in [0.29, 0.717) is 0 Å². The van der Waals surface area contributed by atoms with Crippen LogP contribution in [0, 0.1) is 0 Å². The molecule has 0 aliphatic carbocycles. The highest BCUT2D eigenvalue weighted by Crippen LogP contribution is 2.46. The van der Waals surface area contributed by atoms with Crippen molar-refractivity contribution in [2.75, 3.05) is 0 Å². The molecule has 0 aliphatic heterocycles. The summed E-state index contributed by atoms with van der Waals surface area (Å²) >= 11 is 0. The third kappa shape index (κ3) is 13.5. The molecule has 136 heavy (non-hydrogen) atoms. The third-order valence-electron chi connectivity index (χ3n) is 27.7. The Labute approximate surface area is 786 Å². The zero-order valence-electron chi connectivity index (χ0n) is 74.3. The van der Waals surface area contributed by atoms with Gasteiger partial charge in [0.15, 0.2) is 0 Å². The molecule has 6 aromatic heterocycles. The molecule has 28 rings (SSSR count). The van der Waals surface area contributed by atoms with Gasteiger partial charge in [0, 0.05) is 98.5 Å². The first kappa shape index (κ1) is 78.9. The quantitative estimate of drug-likeness (QED) is 0.117. The normalized spacial score (nSPS) is 11.7. The highest BCUT2D eigenvalue weighted by atomic mass is 15.0. The largest absolute Gasteiger partial charge is 0.309 e. The van der Waals surface area contributed by atoms with Crippen molar-refractivity contribution in [3.8, 4) is 101 Å². The molecule has 22 aromatic carbocycles. The molecule has 0 atom stereocenters. The van der Waals surface area contributed by atoms with E-state index in [2.05, 4.69) is 549 Å². The molecule has 28 aromatic rings. The van der Waals surface area contributed by atoms with E-state index in [0.717, 1.165) is 5.69 Å². The van der Waals surface area contributed by atoms with E-state index in [1.165, 1.54) is 237 Å². The summed E-state index contributed by atoms with van der Waals surface area (Å²) in [6.07, 6.45) is 0. The summed E-state index contributed by atoms with van der Waals surface area (Å²) in [5.74, 6) is 0. The number of benzene rings is 22. The number of para-hydroxylation sites is 9. The van der Waals surface area contributed by atoms with Crippen molar-refractivity contribution in [1.82, 2.24) is 27.4 Å². The van der Waals surface area contributed by atoms with Gasteiger partial charge in [0.05, 0.1) is 71.9 Å². The van der Waals surface area contributed by atoms with Gasteiger partial charge in [-0.2, -0.15) is 0 Å². The summed E-state index contributed by atoms with van der Waals surface area (Å²) in [4.78, 5) is 0. The number of hydrogen-bond acceptors (Lipinski definition) is 0. The van der Waals surface area contributed by atoms with Gasteiger partial charge in [-0.1, -0.05) is 340 Å². The van der Waals surface area contributed by atoms with Gasteiger partial charge in [-0.05, 0) is 254 Å². The van der Waals surface area contributed by atoms with Crippen LogP contribution in [0.15, 0.2) is 522 Å². The van der Waals surface area contributed by atoms with Gasteiger partial charge in [0.2, 0.25) is 0 Å². The van der Waals surface area contributed by atoms with E-state index in [1.807, 2.05) is 0 Å². The van der Waals surface area contributed by atoms with E-state index < -0.39 is 0 Å². The third-order valence-corrected chi connectivity index (χ3v) is 27.7. The van der Waals surface area contributed by atoms with Crippen LogP contribution in [0.25, 0.3) is 242 Å². The molecule has 0 saturated carbocycles. The second kappa shape index (κ2) is 33.1. The van der Waals surface area contributed by atoms with Gasteiger partial charge >= 0.3 is 0 Å². The lowest BCUT2D eigenvalue weighted by atomic mass is 9.98. The highest BCUT2D eigenvalue weighted by molar-refractivity contribution is 6.18. The number of aromatic nitrogens is 6. The Morgan fingerprint density at radius 2 is 0.301 bits per heavy atom. The molecule has 6 nitrogen and oxygen atoms in total. The fourth-order valence-electron chi connectivity index (χ4n) is 21.5. The summed E-state index contributed by atoms with van der Waals surface area (Å²) in [6, 6.07) is 189. The van der Waals surface area contributed by atoms with Gasteiger partial charge < -0.3 is 27.4 Å². The Kier molecular flexibility index (Phi) is 19.2. The minimum Gasteiger partial charge on any atom is -0.309 e. The van der Waals surface area contributed by atoms with E-state index in [-0.39, 0.29) is 0 Å². The predicted molar refractivity (Wildman–Crippen MR) is 575 cm³/mol. The van der Waals surface area contributed by atoms with Gasteiger partial charge in [0.1, 0.15) is 0 Å². The Morgan fingerprint density at radius 1 is 0.0956 bits per heavy atom. The van der Waals surface area contributed by atoms with Crippen LogP contribution in [0.2, 0.25) is 0 Å². The molecule has 0 amide bonds. The first-order valence-electron chi connectivity index (χ1n) is 46.8. The number of nitrogens with zero attached hydrogens (tertiary/aromatic N) is 6. The molecular weight excluding hydrogens is 1650 g/mol. The maximum Gasteiger partial charge on any atom is 0.0541 e. The molecule has 0 aliphatic rings. The average molecular weight is 1730 g/mol. The second-order valence-corrected chi connectivity index (χ2v) is 35.4. The Bertz CT molecular complexity index is 9440. The smallest absolute Gasteiger partial charge is 0.0541 e. The topological polar surface area (TPSA) is 29.6 Å². The first-order valence-corrected chi connectivity index (χ1v) is 46.8. The Morgan fingerprint density at radius 3 is 0.610 bits per heavy atom. The second-order valence-electron chi connectivity index (χ2n) is 35.4. The van der Waals surface area contributed by atoms with Gasteiger partial charge in [-0.25, -0.2) is 0 Å². The highest BCUT2D eigenvalue weighted by Gasteiger charge is 2.23. The number of rotatable bonds is 12. The predicted octanol–water partition coefficient (Wildman–Crippen LogP) is 34.8. The maximum absolute atomic E-state index is 2.43. The van der Waals surface area contributed by atoms with Crippen molar-refractivity contribution in [3.05, 3.63) is 522 Å². The summed E-state index contributed by atoms with van der Waals surface area (Å²) in [5, 5.41) is 17.7. The van der Waals surface area contributed by atoms with Crippen molar-refractivity contribution >= 4 is 142 Å². The van der Waals surface area contributed by atoms with Crippen LogP contribution in [0.3, 0.4) is 0 Å². The van der Waals surface area contributed by atoms with Gasteiger partial charge in [-0.15, -0.1) is 0 Å². The van der Waals surface area contributed by atoms with Gasteiger partial charge in [-0.3, -0.25) is 0 Å². The Balaban J connectivity index is 0.000000106. The molecular formula is C130H86N6. The van der Waals surface area contributed by atoms with Crippen molar-refractivity contribution in [2.24, 2.45) is 0 Å². The first-order chi connectivity index (χ1) is 67.5. The lowest BCUT2D eigenvalue weighted by molar-refractivity contribution is 1.18. The molecule has 0 radical (unpaired) electrons. The van der Waals surface area contributed by atoms with Crippen LogP contribution in [-0.4, -0.2) is 27.4 Å². The van der Waals surface area contributed by atoms with E-state index >= 15 is 0 Å². The van der Waals surface area contributed by atoms with E-state index in [1.54, 1.807) is 0 Å². The minimum absolute atomic E-state index is 1.15. The van der Waals surface area contributed by atoms with Crippen LogP contribution >= 0.6 is 0 Å².